The minimum Gasteiger partial charge on any atom is -0.285 e. The number of pyridine rings is 1. The molecule has 0 atom stereocenters. The summed E-state index contributed by atoms with van der Waals surface area (Å²) in [6, 6.07) is 19.4. The van der Waals surface area contributed by atoms with Crippen molar-refractivity contribution in [3.05, 3.63) is 89.3 Å². The van der Waals surface area contributed by atoms with Crippen LogP contribution in [0.4, 0.5) is 5.69 Å². The molecule has 0 radical (unpaired) electrons. The van der Waals surface area contributed by atoms with Gasteiger partial charge in [-0.1, -0.05) is 41.9 Å². The monoisotopic (exact) mass is 412 g/mol. The summed E-state index contributed by atoms with van der Waals surface area (Å²) in [5, 5.41) is 8.56. The van der Waals surface area contributed by atoms with E-state index >= 15 is 0 Å². The number of fused-ring (bicyclic) bond motifs is 1. The number of hydrogen-bond acceptors (Lipinski definition) is 4. The predicted octanol–water partition coefficient (Wildman–Crippen LogP) is 4.09. The zero-order valence-corrected chi connectivity index (χ0v) is 16.6. The molecule has 0 spiro atoms. The molecule has 0 aliphatic rings. The summed E-state index contributed by atoms with van der Waals surface area (Å²) in [7, 11) is -3.84. The van der Waals surface area contributed by atoms with E-state index in [9.17, 15) is 8.42 Å². The Morgan fingerprint density at radius 1 is 1.00 bits per heavy atom. The molecule has 0 saturated carbocycles. The van der Waals surface area contributed by atoms with Crippen LogP contribution in [0.1, 0.15) is 11.4 Å². The van der Waals surface area contributed by atoms with E-state index in [1.165, 1.54) is 4.31 Å². The smallest absolute Gasteiger partial charge is 0.266 e. The van der Waals surface area contributed by atoms with Gasteiger partial charge in [0.2, 0.25) is 0 Å². The normalized spacial score (nSPS) is 11.6. The fourth-order valence-electron chi connectivity index (χ4n) is 2.98. The van der Waals surface area contributed by atoms with Crippen LogP contribution in [-0.4, -0.2) is 23.0 Å². The quantitative estimate of drug-likeness (QED) is 0.495. The first kappa shape index (κ1) is 18.5. The van der Waals surface area contributed by atoms with E-state index < -0.39 is 10.0 Å². The van der Waals surface area contributed by atoms with Gasteiger partial charge in [-0.05, 0) is 48.9 Å². The van der Waals surface area contributed by atoms with Crippen molar-refractivity contribution in [1.29, 1.82) is 0 Å². The number of para-hydroxylation sites is 1. The fourth-order valence-corrected chi connectivity index (χ4v) is 4.64. The zero-order valence-electron chi connectivity index (χ0n) is 15.0. The van der Waals surface area contributed by atoms with Crippen LogP contribution < -0.4 is 4.31 Å². The number of aromatic nitrogens is 3. The van der Waals surface area contributed by atoms with E-state index in [0.29, 0.717) is 22.2 Å². The van der Waals surface area contributed by atoms with Gasteiger partial charge < -0.3 is 0 Å². The van der Waals surface area contributed by atoms with E-state index in [-0.39, 0.29) is 11.4 Å². The second-order valence-electron chi connectivity index (χ2n) is 6.32. The average Bonchev–Trinajstić information content (AvgIpc) is 3.07. The fraction of sp³-hybridized carbons (Fsp3) is 0.100. The molecule has 4 aromatic rings. The molecule has 2 aromatic heterocycles. The Bertz CT molecular complexity index is 1240. The lowest BCUT2D eigenvalue weighted by molar-refractivity contribution is 0.590. The molecule has 0 aliphatic heterocycles. The van der Waals surface area contributed by atoms with E-state index in [1.807, 2.05) is 24.3 Å². The van der Waals surface area contributed by atoms with Gasteiger partial charge >= 0.3 is 0 Å². The largest absolute Gasteiger partial charge is 0.285 e. The van der Waals surface area contributed by atoms with Crippen LogP contribution in [0.3, 0.4) is 0 Å². The summed E-state index contributed by atoms with van der Waals surface area (Å²) >= 11 is 6.09. The molecule has 8 heteroatoms. The summed E-state index contributed by atoms with van der Waals surface area (Å²) in [4.78, 5) is 0.161. The number of nitrogens with zero attached hydrogens (tertiary/aromatic N) is 4. The molecule has 0 saturated heterocycles. The number of aryl methyl sites for hydroxylation is 1. The summed E-state index contributed by atoms with van der Waals surface area (Å²) in [6.07, 6.45) is 1.55. The van der Waals surface area contributed by atoms with Crippen LogP contribution in [0.15, 0.2) is 77.8 Å². The first-order valence-corrected chi connectivity index (χ1v) is 10.4. The van der Waals surface area contributed by atoms with Crippen molar-refractivity contribution < 1.29 is 8.42 Å². The Balaban J connectivity index is 1.82. The van der Waals surface area contributed by atoms with E-state index in [1.54, 1.807) is 60.0 Å². The highest BCUT2D eigenvalue weighted by Crippen LogP contribution is 2.27. The zero-order chi connectivity index (χ0) is 19.7. The highest BCUT2D eigenvalue weighted by Gasteiger charge is 2.26. The van der Waals surface area contributed by atoms with E-state index in [4.69, 9.17) is 11.6 Å². The van der Waals surface area contributed by atoms with Gasteiger partial charge in [0, 0.05) is 11.2 Å². The Hall–Kier alpha value is -2.90. The van der Waals surface area contributed by atoms with Gasteiger partial charge in [0.1, 0.15) is 10.7 Å². The lowest BCUT2D eigenvalue weighted by atomic mass is 10.2. The number of sulfonamides is 1. The maximum absolute atomic E-state index is 13.5. The van der Waals surface area contributed by atoms with Crippen LogP contribution in [0.5, 0.6) is 0 Å². The van der Waals surface area contributed by atoms with Crippen LogP contribution in [0, 0.1) is 6.92 Å². The minimum atomic E-state index is -3.84. The molecule has 0 unspecified atom stereocenters. The van der Waals surface area contributed by atoms with E-state index in [0.717, 1.165) is 5.56 Å². The molecule has 0 N–H and O–H groups in total. The maximum Gasteiger partial charge on any atom is 0.266 e. The third-order valence-electron chi connectivity index (χ3n) is 4.39. The van der Waals surface area contributed by atoms with Gasteiger partial charge in [0.25, 0.3) is 10.0 Å². The standard InChI is InChI=1S/C20H17ClN4O2S/c1-15-22-23-20-11-10-19(14-24(15)20)28(26,27)25(18-8-3-2-4-9-18)13-16-6-5-7-17(21)12-16/h2-12,14H,13H2,1H3. The van der Waals surface area contributed by atoms with Crippen LogP contribution in [0.25, 0.3) is 5.65 Å². The third kappa shape index (κ3) is 3.46. The second-order valence-corrected chi connectivity index (χ2v) is 8.62. The molecular weight excluding hydrogens is 396 g/mol. The summed E-state index contributed by atoms with van der Waals surface area (Å²) in [6.45, 7) is 1.93. The molecule has 0 aliphatic carbocycles. The van der Waals surface area contributed by atoms with Gasteiger partial charge in [-0.25, -0.2) is 8.42 Å². The van der Waals surface area contributed by atoms with Crippen molar-refractivity contribution in [2.24, 2.45) is 0 Å². The third-order valence-corrected chi connectivity index (χ3v) is 6.39. The van der Waals surface area contributed by atoms with Gasteiger partial charge in [0.05, 0.1) is 12.2 Å². The highest BCUT2D eigenvalue weighted by molar-refractivity contribution is 7.92. The van der Waals surface area contributed by atoms with Crippen LogP contribution >= 0.6 is 11.6 Å². The molecule has 0 bridgehead atoms. The summed E-state index contributed by atoms with van der Waals surface area (Å²) in [5.74, 6) is 0.619. The van der Waals surface area contributed by atoms with Crippen molar-refractivity contribution in [1.82, 2.24) is 14.6 Å². The maximum atomic E-state index is 13.5. The Morgan fingerprint density at radius 3 is 2.54 bits per heavy atom. The molecule has 28 heavy (non-hydrogen) atoms. The van der Waals surface area contributed by atoms with Crippen molar-refractivity contribution in [3.63, 3.8) is 0 Å². The Kier molecular flexibility index (Phi) is 4.78. The van der Waals surface area contributed by atoms with Crippen molar-refractivity contribution in [3.8, 4) is 0 Å². The SMILES string of the molecule is Cc1nnc2ccc(S(=O)(=O)N(Cc3cccc(Cl)c3)c3ccccc3)cn12. The topological polar surface area (TPSA) is 67.6 Å². The van der Waals surface area contributed by atoms with Gasteiger partial charge in [-0.2, -0.15) is 0 Å². The Morgan fingerprint density at radius 2 is 1.79 bits per heavy atom. The lowest BCUT2D eigenvalue weighted by Gasteiger charge is -2.25. The number of anilines is 1. The average molecular weight is 413 g/mol. The lowest BCUT2D eigenvalue weighted by Crippen LogP contribution is -2.30. The highest BCUT2D eigenvalue weighted by atomic mass is 35.5. The van der Waals surface area contributed by atoms with Crippen molar-refractivity contribution >= 4 is 33.0 Å². The van der Waals surface area contributed by atoms with Crippen LogP contribution in [0.2, 0.25) is 5.02 Å². The van der Waals surface area contributed by atoms with Gasteiger partial charge in [-0.3, -0.25) is 8.71 Å². The summed E-state index contributed by atoms with van der Waals surface area (Å²) in [5.41, 5.74) is 1.96. The first-order chi connectivity index (χ1) is 13.4. The molecule has 142 valence electrons. The second kappa shape index (κ2) is 7.26. The van der Waals surface area contributed by atoms with Crippen molar-refractivity contribution in [2.45, 2.75) is 18.4 Å². The molecule has 6 nitrogen and oxygen atoms in total. The number of rotatable bonds is 5. The molecule has 0 fully saturated rings. The predicted molar refractivity (Wildman–Crippen MR) is 109 cm³/mol. The van der Waals surface area contributed by atoms with Crippen LogP contribution in [-0.2, 0) is 16.6 Å². The Labute approximate surface area is 168 Å². The molecule has 2 heterocycles. The van der Waals surface area contributed by atoms with Gasteiger partial charge in [0.15, 0.2) is 5.65 Å². The van der Waals surface area contributed by atoms with Gasteiger partial charge in [-0.15, -0.1) is 10.2 Å². The van der Waals surface area contributed by atoms with E-state index in [2.05, 4.69) is 10.2 Å². The number of benzene rings is 2. The molecule has 0 amide bonds. The first-order valence-electron chi connectivity index (χ1n) is 8.59. The molecule has 2 aromatic carbocycles. The molecule has 4 rings (SSSR count). The van der Waals surface area contributed by atoms with Crippen molar-refractivity contribution in [2.75, 3.05) is 4.31 Å². The number of halogens is 1. The summed E-state index contributed by atoms with van der Waals surface area (Å²) < 4.78 is 30.1. The minimum absolute atomic E-state index is 0.159. The number of hydrogen-bond donors (Lipinski definition) is 0. The molecular formula is C20H17ClN4O2S.